The van der Waals surface area contributed by atoms with E-state index in [0.717, 1.165) is 51.4 Å². The Labute approximate surface area is 301 Å². The molecule has 0 saturated heterocycles. The van der Waals surface area contributed by atoms with Gasteiger partial charge in [0.1, 0.15) is 0 Å². The third-order valence-electron chi connectivity index (χ3n) is 8.70. The Kier molecular flexibility index (Phi) is 35.6. The molecule has 0 bridgehead atoms. The van der Waals surface area contributed by atoms with Crippen LogP contribution in [0.1, 0.15) is 181 Å². The molecule has 288 valence electrons. The van der Waals surface area contributed by atoms with Crippen LogP contribution in [0.3, 0.4) is 0 Å². The van der Waals surface area contributed by atoms with Crippen molar-refractivity contribution in [1.29, 1.82) is 0 Å². The molecule has 49 heavy (non-hydrogen) atoms. The number of aliphatic hydroxyl groups is 1. The van der Waals surface area contributed by atoms with Crippen molar-refractivity contribution in [2.24, 2.45) is 5.73 Å². The third-order valence-corrected chi connectivity index (χ3v) is 9.68. The third kappa shape index (κ3) is 34.9. The maximum absolute atomic E-state index is 12.7. The van der Waals surface area contributed by atoms with Crippen LogP contribution >= 0.6 is 7.82 Å². The topological polar surface area (TPSA) is 131 Å². The van der Waals surface area contributed by atoms with Crippen molar-refractivity contribution in [2.45, 2.75) is 193 Å². The average Bonchev–Trinajstić information content (AvgIpc) is 3.09. The van der Waals surface area contributed by atoms with E-state index in [1.807, 2.05) is 6.08 Å². The molecule has 0 heterocycles. The standard InChI is InChI=1S/C40H77N2O6P/c1-3-5-7-9-11-13-15-17-18-19-20-22-24-26-28-30-32-34-40(44)42-38(37-48-49(45,46)47-36-35-41)39(43)33-31-29-27-25-23-21-16-14-12-10-8-6-4-2/h12,14,23,25,31,33,38-39,43H,3-11,13,15-22,24,26-30,32,34-37,41H2,1-2H3,(H,42,44)(H,45,46)/b14-12+,25-23+,33-31+. The molecule has 3 unspecified atom stereocenters. The smallest absolute Gasteiger partial charge is 0.387 e. The van der Waals surface area contributed by atoms with Crippen LogP contribution in [-0.4, -0.2) is 47.8 Å². The van der Waals surface area contributed by atoms with Gasteiger partial charge in [-0.05, 0) is 44.9 Å². The van der Waals surface area contributed by atoms with E-state index < -0.39 is 20.0 Å². The predicted octanol–water partition coefficient (Wildman–Crippen LogP) is 10.8. The molecule has 5 N–H and O–H groups in total. The summed E-state index contributed by atoms with van der Waals surface area (Å²) in [7, 11) is -4.34. The maximum Gasteiger partial charge on any atom is 0.472 e. The van der Waals surface area contributed by atoms with Gasteiger partial charge in [0.15, 0.2) is 0 Å². The number of allylic oxidation sites excluding steroid dienone is 5. The fourth-order valence-corrected chi connectivity index (χ4v) is 6.39. The summed E-state index contributed by atoms with van der Waals surface area (Å²) in [6.45, 7) is 4.07. The number of phosphoric ester groups is 1. The van der Waals surface area contributed by atoms with Crippen molar-refractivity contribution in [1.82, 2.24) is 5.32 Å². The van der Waals surface area contributed by atoms with E-state index >= 15 is 0 Å². The fraction of sp³-hybridized carbons (Fsp3) is 0.825. The molecule has 0 aliphatic carbocycles. The lowest BCUT2D eigenvalue weighted by Crippen LogP contribution is -2.45. The number of unbranched alkanes of at least 4 members (excludes halogenated alkanes) is 21. The van der Waals surface area contributed by atoms with Crippen LogP contribution in [0.4, 0.5) is 0 Å². The van der Waals surface area contributed by atoms with Gasteiger partial charge in [-0.3, -0.25) is 13.8 Å². The average molecular weight is 713 g/mol. The Bertz CT molecular complexity index is 866. The van der Waals surface area contributed by atoms with Crippen molar-refractivity contribution in [3.63, 3.8) is 0 Å². The summed E-state index contributed by atoms with van der Waals surface area (Å²) >= 11 is 0. The zero-order chi connectivity index (χ0) is 36.1. The Balaban J connectivity index is 4.29. The van der Waals surface area contributed by atoms with Gasteiger partial charge in [-0.25, -0.2) is 4.57 Å². The molecule has 0 aromatic carbocycles. The van der Waals surface area contributed by atoms with Crippen molar-refractivity contribution in [2.75, 3.05) is 19.8 Å². The molecule has 1 amide bonds. The number of rotatable bonds is 37. The van der Waals surface area contributed by atoms with Crippen molar-refractivity contribution in [3.05, 3.63) is 36.5 Å². The molecule has 8 nitrogen and oxygen atoms in total. The molecule has 0 aliphatic heterocycles. The number of nitrogens with one attached hydrogen (secondary N) is 1. The summed E-state index contributed by atoms with van der Waals surface area (Å²) < 4.78 is 22.0. The van der Waals surface area contributed by atoms with Crippen LogP contribution < -0.4 is 11.1 Å². The number of nitrogens with two attached hydrogens (primary N) is 1. The summed E-state index contributed by atoms with van der Waals surface area (Å²) in [5.41, 5.74) is 5.36. The lowest BCUT2D eigenvalue weighted by molar-refractivity contribution is -0.123. The normalized spacial score (nSPS) is 14.6. The Morgan fingerprint density at radius 1 is 0.653 bits per heavy atom. The van der Waals surface area contributed by atoms with E-state index in [1.165, 1.54) is 109 Å². The highest BCUT2D eigenvalue weighted by Gasteiger charge is 2.26. The molecule has 0 aromatic rings. The summed E-state index contributed by atoms with van der Waals surface area (Å²) in [5.74, 6) is -0.208. The van der Waals surface area contributed by atoms with E-state index in [9.17, 15) is 19.4 Å². The first-order valence-corrected chi connectivity index (χ1v) is 21.6. The summed E-state index contributed by atoms with van der Waals surface area (Å²) in [5, 5.41) is 13.6. The Morgan fingerprint density at radius 3 is 1.57 bits per heavy atom. The van der Waals surface area contributed by atoms with Gasteiger partial charge in [0.2, 0.25) is 5.91 Å². The predicted molar refractivity (Wildman–Crippen MR) is 208 cm³/mol. The summed E-state index contributed by atoms with van der Waals surface area (Å²) in [6.07, 6.45) is 41.9. The van der Waals surface area contributed by atoms with E-state index in [1.54, 1.807) is 6.08 Å². The minimum absolute atomic E-state index is 0.0724. The van der Waals surface area contributed by atoms with Crippen LogP contribution in [0.2, 0.25) is 0 Å². The second-order valence-electron chi connectivity index (χ2n) is 13.5. The van der Waals surface area contributed by atoms with Crippen molar-refractivity contribution < 1.29 is 28.4 Å². The molecule has 0 radical (unpaired) electrons. The zero-order valence-corrected chi connectivity index (χ0v) is 32.6. The van der Waals surface area contributed by atoms with Crippen molar-refractivity contribution in [3.8, 4) is 0 Å². The van der Waals surface area contributed by atoms with E-state index in [4.69, 9.17) is 14.8 Å². The summed E-state index contributed by atoms with van der Waals surface area (Å²) in [4.78, 5) is 22.6. The highest BCUT2D eigenvalue weighted by molar-refractivity contribution is 7.47. The monoisotopic (exact) mass is 713 g/mol. The van der Waals surface area contributed by atoms with Gasteiger partial charge in [-0.1, -0.05) is 166 Å². The van der Waals surface area contributed by atoms with Crippen molar-refractivity contribution >= 4 is 13.7 Å². The van der Waals surface area contributed by atoms with E-state index in [0.29, 0.717) is 6.42 Å². The molecule has 0 saturated carbocycles. The first kappa shape index (κ1) is 47.7. The largest absolute Gasteiger partial charge is 0.472 e. The highest BCUT2D eigenvalue weighted by atomic mass is 31.2. The lowest BCUT2D eigenvalue weighted by atomic mass is 10.0. The Hall–Kier alpha value is -1.28. The maximum atomic E-state index is 12.7. The first-order valence-electron chi connectivity index (χ1n) is 20.1. The number of hydrogen-bond donors (Lipinski definition) is 4. The first-order chi connectivity index (χ1) is 23.9. The second kappa shape index (κ2) is 36.5. The number of carbonyl (C=O) groups is 1. The minimum Gasteiger partial charge on any atom is -0.387 e. The van der Waals surface area contributed by atoms with Crippen LogP contribution in [-0.2, 0) is 18.4 Å². The second-order valence-corrected chi connectivity index (χ2v) is 14.9. The Morgan fingerprint density at radius 2 is 1.08 bits per heavy atom. The molecule has 0 fully saturated rings. The summed E-state index contributed by atoms with van der Waals surface area (Å²) in [6, 6.07) is -0.879. The number of aliphatic hydroxyl groups excluding tert-OH is 1. The SMILES string of the molecule is CCCCC/C=C/CC/C=C/CC/C=C/C(O)C(COP(=O)(O)OCCN)NC(=O)CCCCCCCCCCCCCCCCCCC. The molecule has 3 atom stereocenters. The van der Waals surface area contributed by atoms with Gasteiger partial charge >= 0.3 is 7.82 Å². The van der Waals surface area contributed by atoms with Gasteiger partial charge in [-0.2, -0.15) is 0 Å². The van der Waals surface area contributed by atoms with Crippen LogP contribution in [0.5, 0.6) is 0 Å². The molecule has 0 spiro atoms. The minimum atomic E-state index is -4.34. The van der Waals surface area contributed by atoms with Crippen LogP contribution in [0.15, 0.2) is 36.5 Å². The molecule has 9 heteroatoms. The number of carbonyl (C=O) groups excluding carboxylic acids is 1. The van der Waals surface area contributed by atoms with Gasteiger partial charge in [-0.15, -0.1) is 0 Å². The molecular formula is C40H77N2O6P. The van der Waals surface area contributed by atoms with E-state index in [2.05, 4.69) is 43.5 Å². The number of amides is 1. The van der Waals surface area contributed by atoms with Gasteiger partial charge in [0.05, 0.1) is 25.4 Å². The molecule has 0 aliphatic rings. The quantitative estimate of drug-likeness (QED) is 0.0286. The fourth-order valence-electron chi connectivity index (χ4n) is 5.63. The zero-order valence-electron chi connectivity index (χ0n) is 31.7. The van der Waals surface area contributed by atoms with Crippen LogP contribution in [0.25, 0.3) is 0 Å². The molecule has 0 aromatic heterocycles. The van der Waals surface area contributed by atoms with Gasteiger partial charge in [0, 0.05) is 13.0 Å². The van der Waals surface area contributed by atoms with E-state index in [-0.39, 0.29) is 25.7 Å². The lowest BCUT2D eigenvalue weighted by Gasteiger charge is -2.23. The molecule has 0 rings (SSSR count). The molecular weight excluding hydrogens is 635 g/mol. The van der Waals surface area contributed by atoms with Gasteiger partial charge < -0.3 is 21.1 Å². The highest BCUT2D eigenvalue weighted by Crippen LogP contribution is 2.43. The number of phosphoric acid groups is 1. The number of hydrogen-bond acceptors (Lipinski definition) is 6. The van der Waals surface area contributed by atoms with Crippen LogP contribution in [0, 0.1) is 0 Å². The van der Waals surface area contributed by atoms with Gasteiger partial charge in [0.25, 0.3) is 0 Å².